The van der Waals surface area contributed by atoms with Crippen LogP contribution in [0.2, 0.25) is 0 Å². The molecule has 43 heavy (non-hydrogen) atoms. The molecule has 0 saturated carbocycles. The van der Waals surface area contributed by atoms with Crippen molar-refractivity contribution >= 4 is 5.91 Å². The van der Waals surface area contributed by atoms with Crippen molar-refractivity contribution in [3.8, 4) is 0 Å². The van der Waals surface area contributed by atoms with Gasteiger partial charge in [0, 0.05) is 6.42 Å². The van der Waals surface area contributed by atoms with Crippen molar-refractivity contribution < 1.29 is 15.0 Å². The van der Waals surface area contributed by atoms with Crippen LogP contribution in [0.3, 0.4) is 0 Å². The minimum atomic E-state index is -0.651. The molecule has 2 atom stereocenters. The van der Waals surface area contributed by atoms with Gasteiger partial charge in [-0.2, -0.15) is 0 Å². The van der Waals surface area contributed by atoms with Crippen LogP contribution < -0.4 is 5.32 Å². The van der Waals surface area contributed by atoms with E-state index in [0.717, 1.165) is 25.7 Å². The molecule has 0 aliphatic rings. The lowest BCUT2D eigenvalue weighted by Gasteiger charge is -2.22. The van der Waals surface area contributed by atoms with Gasteiger partial charge in [-0.15, -0.1) is 0 Å². The summed E-state index contributed by atoms with van der Waals surface area (Å²) in [4.78, 5) is 12.3. The van der Waals surface area contributed by atoms with Gasteiger partial charge < -0.3 is 15.5 Å². The largest absolute Gasteiger partial charge is 0.394 e. The fraction of sp³-hybridized carbons (Fsp3) is 0.974. The SMILES string of the molecule is CCCCCCCCCCCCCCCCCCC(=O)N[C@@H](CO)[C@H](O)CCCCCCCCCCCCCCCCC. The highest BCUT2D eigenvalue weighted by atomic mass is 16.3. The topological polar surface area (TPSA) is 69.6 Å². The van der Waals surface area contributed by atoms with Crippen LogP contribution in [0.1, 0.15) is 226 Å². The second kappa shape index (κ2) is 35.9. The van der Waals surface area contributed by atoms with Gasteiger partial charge in [0.05, 0.1) is 18.8 Å². The van der Waals surface area contributed by atoms with Gasteiger partial charge in [-0.25, -0.2) is 0 Å². The lowest BCUT2D eigenvalue weighted by molar-refractivity contribution is -0.123. The van der Waals surface area contributed by atoms with Gasteiger partial charge in [0.25, 0.3) is 0 Å². The first-order valence-electron chi connectivity index (χ1n) is 19.7. The second-order valence-electron chi connectivity index (χ2n) is 13.7. The third kappa shape index (κ3) is 32.6. The van der Waals surface area contributed by atoms with Crippen LogP contribution in [0.4, 0.5) is 0 Å². The van der Waals surface area contributed by atoms with E-state index in [4.69, 9.17) is 0 Å². The Hall–Kier alpha value is -0.610. The number of amides is 1. The fourth-order valence-electron chi connectivity index (χ4n) is 6.30. The summed E-state index contributed by atoms with van der Waals surface area (Å²) in [5.41, 5.74) is 0. The predicted octanol–water partition coefficient (Wildman–Crippen LogP) is 11.7. The van der Waals surface area contributed by atoms with Gasteiger partial charge >= 0.3 is 0 Å². The third-order valence-electron chi connectivity index (χ3n) is 9.37. The molecule has 0 aromatic heterocycles. The molecule has 0 spiro atoms. The molecular formula is C39H79NO3. The number of hydrogen-bond donors (Lipinski definition) is 3. The maximum Gasteiger partial charge on any atom is 0.220 e. The molecule has 1 amide bonds. The maximum atomic E-state index is 12.3. The zero-order valence-electron chi connectivity index (χ0n) is 29.5. The summed E-state index contributed by atoms with van der Waals surface area (Å²) in [5, 5.41) is 23.1. The van der Waals surface area contributed by atoms with Crippen LogP contribution >= 0.6 is 0 Å². The van der Waals surface area contributed by atoms with Crippen molar-refractivity contribution in [2.45, 2.75) is 238 Å². The quantitative estimate of drug-likeness (QED) is 0.0619. The third-order valence-corrected chi connectivity index (χ3v) is 9.37. The summed E-state index contributed by atoms with van der Waals surface area (Å²) in [7, 11) is 0. The van der Waals surface area contributed by atoms with E-state index in [1.807, 2.05) is 0 Å². The molecule has 0 rings (SSSR count). The number of unbranched alkanes of at least 4 members (excludes halogenated alkanes) is 29. The van der Waals surface area contributed by atoms with E-state index in [-0.39, 0.29) is 12.5 Å². The van der Waals surface area contributed by atoms with E-state index in [2.05, 4.69) is 19.2 Å². The summed E-state index contributed by atoms with van der Waals surface area (Å²) < 4.78 is 0. The molecule has 0 radical (unpaired) electrons. The number of aliphatic hydroxyl groups excluding tert-OH is 2. The Morgan fingerprint density at radius 3 is 1.05 bits per heavy atom. The number of aliphatic hydroxyl groups is 2. The lowest BCUT2D eigenvalue weighted by Crippen LogP contribution is -2.45. The average molecular weight is 610 g/mol. The average Bonchev–Trinajstić information content (AvgIpc) is 3.01. The molecule has 0 saturated heterocycles. The van der Waals surface area contributed by atoms with Crippen molar-refractivity contribution in [3.05, 3.63) is 0 Å². The van der Waals surface area contributed by atoms with Crippen LogP contribution in [0.5, 0.6) is 0 Å². The summed E-state index contributed by atoms with van der Waals surface area (Å²) in [6.45, 7) is 4.37. The van der Waals surface area contributed by atoms with Gasteiger partial charge in [0.1, 0.15) is 0 Å². The second-order valence-corrected chi connectivity index (χ2v) is 13.7. The summed E-state index contributed by atoms with van der Waals surface area (Å²) in [6, 6.07) is -0.528. The van der Waals surface area contributed by atoms with Crippen molar-refractivity contribution in [3.63, 3.8) is 0 Å². The number of carbonyl (C=O) groups excluding carboxylic acids is 1. The van der Waals surface area contributed by atoms with Crippen LogP contribution in [0, 0.1) is 0 Å². The van der Waals surface area contributed by atoms with Gasteiger partial charge in [0.15, 0.2) is 0 Å². The normalized spacial score (nSPS) is 12.9. The van der Waals surface area contributed by atoms with Crippen molar-refractivity contribution in [2.24, 2.45) is 0 Å². The first-order chi connectivity index (χ1) is 21.2. The number of nitrogens with one attached hydrogen (secondary N) is 1. The van der Waals surface area contributed by atoms with Crippen LogP contribution in [-0.2, 0) is 4.79 Å². The van der Waals surface area contributed by atoms with Gasteiger partial charge in [-0.1, -0.05) is 206 Å². The highest BCUT2D eigenvalue weighted by Gasteiger charge is 2.19. The highest BCUT2D eigenvalue weighted by Crippen LogP contribution is 2.16. The molecule has 0 aliphatic heterocycles. The molecule has 0 unspecified atom stereocenters. The summed E-state index contributed by atoms with van der Waals surface area (Å²) in [6.07, 6.45) is 41.6. The maximum absolute atomic E-state index is 12.3. The molecule has 0 aromatic rings. The first-order valence-corrected chi connectivity index (χ1v) is 19.7. The molecule has 3 N–H and O–H groups in total. The number of rotatable bonds is 36. The van der Waals surface area contributed by atoms with Gasteiger partial charge in [-0.05, 0) is 12.8 Å². The van der Waals surface area contributed by atoms with Crippen molar-refractivity contribution in [1.82, 2.24) is 5.32 Å². The monoisotopic (exact) mass is 610 g/mol. The van der Waals surface area contributed by atoms with Crippen molar-refractivity contribution in [1.29, 1.82) is 0 Å². The molecule has 0 aromatic carbocycles. The standard InChI is InChI=1S/C39H79NO3/c1-3-5-7-9-11-13-15-17-19-21-23-25-27-29-31-33-35-39(43)40-37(36-41)38(42)34-32-30-28-26-24-22-20-18-16-14-12-10-8-6-4-2/h37-38,41-42H,3-36H2,1-2H3,(H,40,43)/t37-,38+/m0/s1. The highest BCUT2D eigenvalue weighted by molar-refractivity contribution is 5.76. The van der Waals surface area contributed by atoms with E-state index in [0.29, 0.717) is 12.8 Å². The molecule has 0 aliphatic carbocycles. The van der Waals surface area contributed by atoms with E-state index in [1.54, 1.807) is 0 Å². The molecule has 0 heterocycles. The molecule has 0 fully saturated rings. The Morgan fingerprint density at radius 2 is 0.744 bits per heavy atom. The Labute approximate surface area is 270 Å². The van der Waals surface area contributed by atoms with E-state index in [9.17, 15) is 15.0 Å². The summed E-state index contributed by atoms with van der Waals surface area (Å²) >= 11 is 0. The fourth-order valence-corrected chi connectivity index (χ4v) is 6.30. The zero-order valence-corrected chi connectivity index (χ0v) is 29.5. The number of hydrogen-bond acceptors (Lipinski definition) is 3. The minimum absolute atomic E-state index is 0.0278. The Bertz CT molecular complexity index is 541. The zero-order chi connectivity index (χ0) is 31.5. The predicted molar refractivity (Wildman–Crippen MR) is 189 cm³/mol. The summed E-state index contributed by atoms with van der Waals surface area (Å²) in [5.74, 6) is -0.0278. The first kappa shape index (κ1) is 42.4. The smallest absolute Gasteiger partial charge is 0.220 e. The Morgan fingerprint density at radius 1 is 0.465 bits per heavy atom. The van der Waals surface area contributed by atoms with Crippen LogP contribution in [-0.4, -0.2) is 34.9 Å². The molecule has 4 nitrogen and oxygen atoms in total. The van der Waals surface area contributed by atoms with Gasteiger partial charge in [0.2, 0.25) is 5.91 Å². The number of carbonyl (C=O) groups is 1. The molecule has 258 valence electrons. The van der Waals surface area contributed by atoms with Crippen LogP contribution in [0.25, 0.3) is 0 Å². The van der Waals surface area contributed by atoms with Crippen LogP contribution in [0.15, 0.2) is 0 Å². The van der Waals surface area contributed by atoms with Crippen molar-refractivity contribution in [2.75, 3.05) is 6.61 Å². The molecular weight excluding hydrogens is 530 g/mol. The minimum Gasteiger partial charge on any atom is -0.394 e. The van der Waals surface area contributed by atoms with Gasteiger partial charge in [-0.3, -0.25) is 4.79 Å². The molecule has 0 bridgehead atoms. The van der Waals surface area contributed by atoms with E-state index >= 15 is 0 Å². The Kier molecular flexibility index (Phi) is 35.4. The Balaban J connectivity index is 3.50. The van der Waals surface area contributed by atoms with E-state index in [1.165, 1.54) is 173 Å². The van der Waals surface area contributed by atoms with E-state index < -0.39 is 12.1 Å². The molecule has 4 heteroatoms. The lowest BCUT2D eigenvalue weighted by atomic mass is 10.0.